The van der Waals surface area contributed by atoms with E-state index in [1.807, 2.05) is 0 Å². The van der Waals surface area contributed by atoms with Crippen LogP contribution < -0.4 is 15.6 Å². The van der Waals surface area contributed by atoms with Crippen LogP contribution in [0.25, 0.3) is 22.4 Å². The predicted molar refractivity (Wildman–Crippen MR) is 104 cm³/mol. The smallest absolute Gasteiger partial charge is 0.275 e. The van der Waals surface area contributed by atoms with Gasteiger partial charge >= 0.3 is 0 Å². The Kier molecular flexibility index (Phi) is 5.00. The van der Waals surface area contributed by atoms with Crippen LogP contribution in [0.15, 0.2) is 76.3 Å². The first-order valence-electron chi connectivity index (χ1n) is 8.66. The third kappa shape index (κ3) is 3.56. The topological polar surface area (TPSA) is 115 Å². The third-order valence-electron chi connectivity index (χ3n) is 4.27. The molecule has 8 nitrogen and oxygen atoms in total. The van der Waals surface area contributed by atoms with Gasteiger partial charge in [-0.1, -0.05) is 18.2 Å². The van der Waals surface area contributed by atoms with Gasteiger partial charge in [-0.05, 0) is 30.3 Å². The van der Waals surface area contributed by atoms with Crippen LogP contribution in [0.1, 0.15) is 15.9 Å². The molecule has 0 spiro atoms. The third-order valence-corrected chi connectivity index (χ3v) is 4.27. The van der Waals surface area contributed by atoms with Crippen LogP contribution >= 0.6 is 0 Å². The van der Waals surface area contributed by atoms with E-state index in [4.69, 9.17) is 14.4 Å². The van der Waals surface area contributed by atoms with Crippen molar-refractivity contribution < 1.29 is 19.2 Å². The van der Waals surface area contributed by atoms with Crippen LogP contribution in [0.5, 0.6) is 5.75 Å². The molecule has 0 aliphatic heterocycles. The number of nitrogens with zero attached hydrogens (tertiary/aromatic N) is 2. The Morgan fingerprint density at radius 2 is 1.93 bits per heavy atom. The molecule has 2 N–H and O–H groups in total. The van der Waals surface area contributed by atoms with Crippen LogP contribution in [-0.2, 0) is 6.61 Å². The van der Waals surface area contributed by atoms with Gasteiger partial charge in [-0.25, -0.2) is 10.5 Å². The maximum Gasteiger partial charge on any atom is 0.275 e. The van der Waals surface area contributed by atoms with Crippen LogP contribution in [0, 0.1) is 0 Å². The van der Waals surface area contributed by atoms with E-state index in [0.717, 1.165) is 0 Å². The van der Waals surface area contributed by atoms with Crippen molar-refractivity contribution in [3.05, 3.63) is 88.5 Å². The number of amides is 1. The molecule has 0 radical (unpaired) electrons. The lowest BCUT2D eigenvalue weighted by Gasteiger charge is -2.13. The van der Waals surface area contributed by atoms with E-state index >= 15 is 0 Å². The van der Waals surface area contributed by atoms with Gasteiger partial charge in [-0.15, -0.1) is 0 Å². The maximum absolute atomic E-state index is 13.0. The van der Waals surface area contributed by atoms with Gasteiger partial charge in [0, 0.05) is 35.3 Å². The fourth-order valence-corrected chi connectivity index (χ4v) is 2.91. The normalized spacial score (nSPS) is 10.7. The minimum atomic E-state index is -0.677. The number of hydrogen-bond acceptors (Lipinski definition) is 7. The molecule has 3 aromatic heterocycles. The van der Waals surface area contributed by atoms with Crippen molar-refractivity contribution in [2.45, 2.75) is 6.61 Å². The fourth-order valence-electron chi connectivity index (χ4n) is 2.91. The second-order valence-electron chi connectivity index (χ2n) is 6.07. The highest BCUT2D eigenvalue weighted by Crippen LogP contribution is 2.30. The lowest BCUT2D eigenvalue weighted by Crippen LogP contribution is -2.21. The van der Waals surface area contributed by atoms with E-state index < -0.39 is 11.3 Å². The zero-order chi connectivity index (χ0) is 20.2. The molecular formula is C21H15N3O5. The number of fused-ring (bicyclic) bond motifs is 1. The molecule has 0 unspecified atom stereocenters. The summed E-state index contributed by atoms with van der Waals surface area (Å²) in [5.41, 5.74) is 2.89. The van der Waals surface area contributed by atoms with Crippen molar-refractivity contribution in [1.29, 1.82) is 0 Å². The summed E-state index contributed by atoms with van der Waals surface area (Å²) in [6.45, 7) is -0.0973. The number of carbonyl (C=O) groups is 1. The van der Waals surface area contributed by atoms with E-state index in [0.29, 0.717) is 16.7 Å². The molecule has 0 fully saturated rings. The van der Waals surface area contributed by atoms with Crippen molar-refractivity contribution in [3.8, 4) is 17.1 Å². The molecule has 3 heterocycles. The number of carbonyl (C=O) groups excluding carboxylic acids is 1. The molecule has 0 bridgehead atoms. The fraction of sp³-hybridized carbons (Fsp3) is 0.0476. The van der Waals surface area contributed by atoms with Crippen LogP contribution in [-0.4, -0.2) is 21.1 Å². The van der Waals surface area contributed by atoms with Crippen molar-refractivity contribution in [2.24, 2.45) is 0 Å². The number of hydroxylamine groups is 1. The van der Waals surface area contributed by atoms with Gasteiger partial charge < -0.3 is 9.15 Å². The van der Waals surface area contributed by atoms with Gasteiger partial charge in [0.05, 0.1) is 0 Å². The summed E-state index contributed by atoms with van der Waals surface area (Å²) in [5, 5.41) is 8.93. The molecule has 144 valence electrons. The zero-order valence-corrected chi connectivity index (χ0v) is 15.0. The van der Waals surface area contributed by atoms with Gasteiger partial charge in [0.15, 0.2) is 16.9 Å². The molecule has 8 heteroatoms. The van der Waals surface area contributed by atoms with Crippen molar-refractivity contribution in [3.63, 3.8) is 0 Å². The van der Waals surface area contributed by atoms with Crippen molar-refractivity contribution >= 4 is 17.0 Å². The molecule has 1 aromatic carbocycles. The maximum atomic E-state index is 13.0. The molecule has 1 amide bonds. The van der Waals surface area contributed by atoms with Gasteiger partial charge in [0.1, 0.15) is 6.61 Å². The average Bonchev–Trinajstić information content (AvgIpc) is 2.78. The Labute approximate surface area is 164 Å². The molecule has 0 atom stereocenters. The highest BCUT2D eigenvalue weighted by Gasteiger charge is 2.19. The summed E-state index contributed by atoms with van der Waals surface area (Å²) in [6, 6.07) is 13.4. The standard InChI is InChI=1S/C21H15N3O5/c25-18-17-16(8-4-10-23-17)29-19(13-6-3-9-22-11-13)20(18)28-12-14-5-1-2-7-15(14)21(26)24-27/h1-11,27H,12H2,(H,24,26). The summed E-state index contributed by atoms with van der Waals surface area (Å²) >= 11 is 0. The summed E-state index contributed by atoms with van der Waals surface area (Å²) in [6.07, 6.45) is 4.66. The summed E-state index contributed by atoms with van der Waals surface area (Å²) in [7, 11) is 0. The lowest BCUT2D eigenvalue weighted by molar-refractivity contribution is 0.0703. The number of aromatic nitrogens is 2. The first kappa shape index (κ1) is 18.3. The molecule has 4 rings (SSSR count). The zero-order valence-electron chi connectivity index (χ0n) is 15.0. The van der Waals surface area contributed by atoms with E-state index in [-0.39, 0.29) is 29.2 Å². The highest BCUT2D eigenvalue weighted by molar-refractivity contribution is 5.94. The quantitative estimate of drug-likeness (QED) is 0.398. The lowest BCUT2D eigenvalue weighted by atomic mass is 10.1. The number of hydrogen-bond donors (Lipinski definition) is 2. The van der Waals surface area contributed by atoms with Gasteiger partial charge in [-0.3, -0.25) is 19.8 Å². The van der Waals surface area contributed by atoms with Crippen molar-refractivity contribution in [2.75, 3.05) is 0 Å². The molecule has 4 aromatic rings. The Balaban J connectivity index is 1.81. The van der Waals surface area contributed by atoms with Crippen molar-refractivity contribution in [1.82, 2.24) is 15.4 Å². The summed E-state index contributed by atoms with van der Waals surface area (Å²) < 4.78 is 11.7. The largest absolute Gasteiger partial charge is 0.481 e. The Bertz CT molecular complexity index is 1240. The molecule has 0 aliphatic carbocycles. The molecule has 0 saturated carbocycles. The Morgan fingerprint density at radius 1 is 1.10 bits per heavy atom. The second-order valence-corrected chi connectivity index (χ2v) is 6.07. The van der Waals surface area contributed by atoms with Gasteiger partial charge in [0.2, 0.25) is 5.75 Å². The monoisotopic (exact) mass is 389 g/mol. The number of nitrogens with one attached hydrogen (secondary N) is 1. The molecule has 0 saturated heterocycles. The summed E-state index contributed by atoms with van der Waals surface area (Å²) in [5.74, 6) is -0.500. The minimum Gasteiger partial charge on any atom is -0.481 e. The number of pyridine rings is 2. The molecular weight excluding hydrogens is 374 g/mol. The number of rotatable bonds is 5. The van der Waals surface area contributed by atoms with Gasteiger partial charge in [0.25, 0.3) is 11.3 Å². The van der Waals surface area contributed by atoms with E-state index in [1.165, 1.54) is 12.3 Å². The highest BCUT2D eigenvalue weighted by atomic mass is 16.5. The Hall–Kier alpha value is -4.04. The second kappa shape index (κ2) is 7.91. The SMILES string of the molecule is O=C(NO)c1ccccc1COc1c(-c2cccnc2)oc2cccnc2c1=O. The Morgan fingerprint density at radius 3 is 2.72 bits per heavy atom. The number of benzene rings is 1. The predicted octanol–water partition coefficient (Wildman–Crippen LogP) is 2.95. The molecule has 0 aliphatic rings. The minimum absolute atomic E-state index is 0.0385. The van der Waals surface area contributed by atoms with E-state index in [9.17, 15) is 9.59 Å². The van der Waals surface area contributed by atoms with Crippen LogP contribution in [0.4, 0.5) is 0 Å². The first-order chi connectivity index (χ1) is 14.2. The van der Waals surface area contributed by atoms with Crippen LogP contribution in [0.3, 0.4) is 0 Å². The van der Waals surface area contributed by atoms with Gasteiger partial charge in [-0.2, -0.15) is 0 Å². The average molecular weight is 389 g/mol. The van der Waals surface area contributed by atoms with Crippen LogP contribution in [0.2, 0.25) is 0 Å². The summed E-state index contributed by atoms with van der Waals surface area (Å²) in [4.78, 5) is 33.0. The first-order valence-corrected chi connectivity index (χ1v) is 8.66. The molecule has 29 heavy (non-hydrogen) atoms. The van der Waals surface area contributed by atoms with E-state index in [1.54, 1.807) is 60.3 Å². The van der Waals surface area contributed by atoms with E-state index in [2.05, 4.69) is 9.97 Å². The number of ether oxygens (including phenoxy) is 1.